The van der Waals surface area contributed by atoms with Crippen LogP contribution >= 0.6 is 0 Å². The second-order valence-electron chi connectivity index (χ2n) is 3.89. The molecular weight excluding hydrogens is 231 g/mol. The number of rotatable bonds is 5. The third kappa shape index (κ3) is 5.08. The maximum atomic E-state index is 11.9. The molecule has 1 rings (SSSR count). The zero-order valence-corrected chi connectivity index (χ0v) is 9.63. The first kappa shape index (κ1) is 13.8. The van der Waals surface area contributed by atoms with Gasteiger partial charge in [0.1, 0.15) is 5.75 Å². The predicted molar refractivity (Wildman–Crippen MR) is 59.8 cm³/mol. The lowest BCUT2D eigenvalue weighted by molar-refractivity contribution is -0.136. The van der Waals surface area contributed by atoms with Crippen molar-refractivity contribution < 1.29 is 17.9 Å². The lowest BCUT2D eigenvalue weighted by Crippen LogP contribution is -2.11. The Morgan fingerprint density at radius 2 is 1.94 bits per heavy atom. The summed E-state index contributed by atoms with van der Waals surface area (Å²) in [5.74, 6) is 0.560. The highest BCUT2D eigenvalue weighted by molar-refractivity contribution is 5.35. The molecule has 5 heteroatoms. The number of hydrogen-bond acceptors (Lipinski definition) is 2. The quantitative estimate of drug-likeness (QED) is 0.809. The molecule has 0 aliphatic carbocycles. The summed E-state index contributed by atoms with van der Waals surface area (Å²) in [6, 6.07) is 6.91. The minimum atomic E-state index is -4.12. The van der Waals surface area contributed by atoms with Crippen molar-refractivity contribution in [1.82, 2.24) is 0 Å². The van der Waals surface area contributed by atoms with Crippen molar-refractivity contribution in [3.63, 3.8) is 0 Å². The minimum Gasteiger partial charge on any atom is -0.493 e. The van der Waals surface area contributed by atoms with E-state index in [1.807, 2.05) is 12.1 Å². The molecule has 0 spiro atoms. The number of ether oxygens (including phenoxy) is 1. The van der Waals surface area contributed by atoms with Crippen molar-refractivity contribution >= 4 is 0 Å². The molecule has 2 nitrogen and oxygen atoms in total. The van der Waals surface area contributed by atoms with Gasteiger partial charge in [-0.1, -0.05) is 18.2 Å². The van der Waals surface area contributed by atoms with E-state index in [1.54, 1.807) is 19.1 Å². The topological polar surface area (TPSA) is 35.2 Å². The molecule has 2 N–H and O–H groups in total. The van der Waals surface area contributed by atoms with Gasteiger partial charge in [-0.3, -0.25) is 0 Å². The number of hydrogen-bond donors (Lipinski definition) is 1. The summed E-state index contributed by atoms with van der Waals surface area (Å²) in [6.45, 7) is 1.85. The third-order valence-electron chi connectivity index (χ3n) is 2.27. The Kier molecular flexibility index (Phi) is 4.81. The average molecular weight is 247 g/mol. The van der Waals surface area contributed by atoms with E-state index in [2.05, 4.69) is 0 Å². The first-order valence-electron chi connectivity index (χ1n) is 5.44. The van der Waals surface area contributed by atoms with E-state index in [4.69, 9.17) is 10.5 Å². The van der Waals surface area contributed by atoms with Crippen LogP contribution in [0.2, 0.25) is 0 Å². The summed E-state index contributed by atoms with van der Waals surface area (Å²) < 4.78 is 41.1. The number of nitrogens with two attached hydrogens (primary N) is 1. The largest absolute Gasteiger partial charge is 0.493 e. The average Bonchev–Trinajstić information content (AvgIpc) is 2.23. The molecule has 1 aromatic rings. The fourth-order valence-corrected chi connectivity index (χ4v) is 1.44. The monoisotopic (exact) mass is 247 g/mol. The molecule has 1 atom stereocenters. The van der Waals surface area contributed by atoms with E-state index >= 15 is 0 Å². The third-order valence-corrected chi connectivity index (χ3v) is 2.27. The van der Waals surface area contributed by atoms with Gasteiger partial charge >= 0.3 is 6.18 Å². The molecule has 0 bridgehead atoms. The van der Waals surface area contributed by atoms with Gasteiger partial charge in [0.2, 0.25) is 0 Å². The molecular formula is C12H16F3NO. The second kappa shape index (κ2) is 5.91. The zero-order valence-electron chi connectivity index (χ0n) is 9.63. The lowest BCUT2D eigenvalue weighted by atomic mass is 10.1. The predicted octanol–water partition coefficient (Wildman–Crippen LogP) is 3.43. The van der Waals surface area contributed by atoms with Crippen LogP contribution in [-0.2, 0) is 0 Å². The van der Waals surface area contributed by atoms with Gasteiger partial charge in [-0.15, -0.1) is 0 Å². The lowest BCUT2D eigenvalue weighted by Gasteiger charge is -2.14. The number of para-hydroxylation sites is 1. The van der Waals surface area contributed by atoms with Gasteiger partial charge in [0.25, 0.3) is 0 Å². The maximum Gasteiger partial charge on any atom is 0.389 e. The first-order valence-corrected chi connectivity index (χ1v) is 5.44. The Hall–Kier alpha value is -1.23. The molecule has 0 aliphatic heterocycles. The Balaban J connectivity index is 2.47. The molecule has 0 aromatic heterocycles. The maximum absolute atomic E-state index is 11.9. The van der Waals surface area contributed by atoms with Crippen molar-refractivity contribution in [2.45, 2.75) is 32.0 Å². The number of halogens is 3. The van der Waals surface area contributed by atoms with Crippen LogP contribution in [-0.4, -0.2) is 12.8 Å². The summed E-state index contributed by atoms with van der Waals surface area (Å²) in [6.07, 6.45) is -4.99. The highest BCUT2D eigenvalue weighted by Crippen LogP contribution is 2.25. The van der Waals surface area contributed by atoms with Gasteiger partial charge < -0.3 is 10.5 Å². The molecule has 0 unspecified atom stereocenters. The molecule has 0 saturated carbocycles. The summed E-state index contributed by atoms with van der Waals surface area (Å²) in [7, 11) is 0. The van der Waals surface area contributed by atoms with Gasteiger partial charge in [-0.2, -0.15) is 13.2 Å². The Morgan fingerprint density at radius 1 is 1.29 bits per heavy atom. The van der Waals surface area contributed by atoms with Crippen molar-refractivity contribution in [2.24, 2.45) is 5.73 Å². The van der Waals surface area contributed by atoms with E-state index < -0.39 is 12.6 Å². The summed E-state index contributed by atoms with van der Waals surface area (Å²) in [4.78, 5) is 0. The molecule has 0 radical (unpaired) electrons. The molecule has 17 heavy (non-hydrogen) atoms. The van der Waals surface area contributed by atoms with E-state index in [0.29, 0.717) is 5.75 Å². The van der Waals surface area contributed by atoms with Crippen LogP contribution in [0.15, 0.2) is 24.3 Å². The van der Waals surface area contributed by atoms with E-state index in [1.165, 1.54) is 0 Å². The second-order valence-corrected chi connectivity index (χ2v) is 3.89. The van der Waals surface area contributed by atoms with Crippen molar-refractivity contribution in [3.05, 3.63) is 29.8 Å². The standard InChI is InChI=1S/C12H16F3NO/c1-9(16)10-5-2-3-6-11(10)17-8-4-7-12(13,14)15/h2-3,5-6,9H,4,7-8,16H2,1H3/t9-/m1/s1. The van der Waals surface area contributed by atoms with E-state index in [9.17, 15) is 13.2 Å². The van der Waals surface area contributed by atoms with Crippen LogP contribution in [0.25, 0.3) is 0 Å². The van der Waals surface area contributed by atoms with Crippen LogP contribution in [0.3, 0.4) is 0 Å². The molecule has 0 saturated heterocycles. The minimum absolute atomic E-state index is 0.0449. The fraction of sp³-hybridized carbons (Fsp3) is 0.500. The molecule has 96 valence electrons. The van der Waals surface area contributed by atoms with Gasteiger partial charge in [0.15, 0.2) is 0 Å². The van der Waals surface area contributed by atoms with E-state index in [0.717, 1.165) is 5.56 Å². The Bertz CT molecular complexity index is 350. The van der Waals surface area contributed by atoms with Crippen LogP contribution < -0.4 is 10.5 Å². The normalized spacial score (nSPS) is 13.5. The van der Waals surface area contributed by atoms with Crippen molar-refractivity contribution in [3.8, 4) is 5.75 Å². The smallest absolute Gasteiger partial charge is 0.389 e. The van der Waals surface area contributed by atoms with Crippen LogP contribution in [0.5, 0.6) is 5.75 Å². The van der Waals surface area contributed by atoms with Gasteiger partial charge in [0.05, 0.1) is 6.61 Å². The summed E-state index contributed by atoms with van der Waals surface area (Å²) in [5.41, 5.74) is 6.53. The number of alkyl halides is 3. The molecule has 0 heterocycles. The van der Waals surface area contributed by atoms with Gasteiger partial charge in [-0.05, 0) is 19.4 Å². The number of benzene rings is 1. The molecule has 0 amide bonds. The van der Waals surface area contributed by atoms with Gasteiger partial charge in [-0.25, -0.2) is 0 Å². The first-order chi connectivity index (χ1) is 7.90. The summed E-state index contributed by atoms with van der Waals surface area (Å²) >= 11 is 0. The fourth-order valence-electron chi connectivity index (χ4n) is 1.44. The van der Waals surface area contributed by atoms with Crippen LogP contribution in [0.4, 0.5) is 13.2 Å². The van der Waals surface area contributed by atoms with E-state index in [-0.39, 0.29) is 19.1 Å². The Labute approximate surface area is 98.6 Å². The van der Waals surface area contributed by atoms with Crippen LogP contribution in [0.1, 0.15) is 31.4 Å². The molecule has 0 fully saturated rings. The van der Waals surface area contributed by atoms with Crippen molar-refractivity contribution in [2.75, 3.05) is 6.61 Å². The summed E-state index contributed by atoms with van der Waals surface area (Å²) in [5, 5.41) is 0. The SMILES string of the molecule is C[C@@H](N)c1ccccc1OCCCC(F)(F)F. The van der Waals surface area contributed by atoms with Crippen LogP contribution in [0, 0.1) is 0 Å². The molecule has 0 aliphatic rings. The van der Waals surface area contributed by atoms with Crippen molar-refractivity contribution in [1.29, 1.82) is 0 Å². The highest BCUT2D eigenvalue weighted by Gasteiger charge is 2.26. The van der Waals surface area contributed by atoms with Gasteiger partial charge in [0, 0.05) is 18.0 Å². The zero-order chi connectivity index (χ0) is 12.9. The Morgan fingerprint density at radius 3 is 2.53 bits per heavy atom. The highest BCUT2D eigenvalue weighted by atomic mass is 19.4. The molecule has 1 aromatic carbocycles.